The molecular formula is C4H10N4. The highest BCUT2D eigenvalue weighted by atomic mass is 15.7. The molecule has 0 amide bonds. The van der Waals surface area contributed by atoms with E-state index in [1.807, 2.05) is 6.92 Å². The van der Waals surface area contributed by atoms with Gasteiger partial charge >= 0.3 is 0 Å². The molecule has 0 saturated carbocycles. The van der Waals surface area contributed by atoms with Gasteiger partial charge in [-0.15, -0.1) is 5.11 Å². The van der Waals surface area contributed by atoms with E-state index in [0.29, 0.717) is 6.54 Å². The first-order chi connectivity index (χ1) is 3.81. The molecule has 0 aromatic rings. The number of nitrogens with two attached hydrogens (primary N) is 1. The lowest BCUT2D eigenvalue weighted by molar-refractivity contribution is 0.295. The minimum atomic E-state index is 0.650. The highest BCUT2D eigenvalue weighted by molar-refractivity contribution is 4.56. The van der Waals surface area contributed by atoms with Crippen LogP contribution in [-0.2, 0) is 0 Å². The summed E-state index contributed by atoms with van der Waals surface area (Å²) in [6.45, 7) is 5.85. The van der Waals surface area contributed by atoms with Crippen LogP contribution in [0.4, 0.5) is 0 Å². The number of hydrogen-bond donors (Lipinski definition) is 1. The van der Waals surface area contributed by atoms with Gasteiger partial charge in [0.1, 0.15) is 0 Å². The van der Waals surface area contributed by atoms with Crippen molar-refractivity contribution in [2.24, 2.45) is 16.2 Å². The fourth-order valence-corrected chi connectivity index (χ4v) is 0.166. The average Bonchev–Trinajstić information content (AvgIpc) is 1.83. The van der Waals surface area contributed by atoms with Crippen LogP contribution >= 0.6 is 0 Å². The molecule has 0 fully saturated rings. The minimum absolute atomic E-state index is 0.650. The van der Waals surface area contributed by atoms with Gasteiger partial charge in [0.05, 0.1) is 6.54 Å². The molecule has 0 aliphatic rings. The van der Waals surface area contributed by atoms with Gasteiger partial charge in [-0.1, -0.05) is 11.8 Å². The Morgan fingerprint density at radius 2 is 2.50 bits per heavy atom. The Bertz CT molecular complexity index is 88.0. The van der Waals surface area contributed by atoms with E-state index < -0.39 is 0 Å². The van der Waals surface area contributed by atoms with Gasteiger partial charge in [-0.05, 0) is 6.92 Å². The molecule has 0 aliphatic carbocycles. The van der Waals surface area contributed by atoms with Gasteiger partial charge in [-0.25, -0.2) is 11.0 Å². The summed E-state index contributed by atoms with van der Waals surface area (Å²) in [5.74, 6) is 5.18. The van der Waals surface area contributed by atoms with Crippen molar-refractivity contribution in [2.45, 2.75) is 6.92 Å². The second kappa shape index (κ2) is 4.26. The monoisotopic (exact) mass is 114 g/mol. The summed E-state index contributed by atoms with van der Waals surface area (Å²) >= 11 is 0. The van der Waals surface area contributed by atoms with Crippen LogP contribution in [0.5, 0.6) is 0 Å². The predicted molar refractivity (Wildman–Crippen MR) is 31.6 cm³/mol. The predicted octanol–water partition coefficient (Wildman–Crippen LogP) is 0.693. The summed E-state index contributed by atoms with van der Waals surface area (Å²) in [5.41, 5.74) is 0. The van der Waals surface area contributed by atoms with E-state index in [2.05, 4.69) is 16.9 Å². The second-order valence-corrected chi connectivity index (χ2v) is 1.14. The number of rotatable bonds is 3. The molecule has 2 N–H and O–H groups in total. The summed E-state index contributed by atoms with van der Waals surface area (Å²) in [5, 5.41) is 8.14. The molecule has 0 rings (SSSR count). The zero-order valence-corrected chi connectivity index (χ0v) is 4.91. The lowest BCUT2D eigenvalue weighted by Crippen LogP contribution is -2.23. The molecule has 0 bridgehead atoms. The van der Waals surface area contributed by atoms with Gasteiger partial charge in [-0.2, -0.15) is 0 Å². The zero-order valence-electron chi connectivity index (χ0n) is 4.91. The first kappa shape index (κ1) is 7.10. The Morgan fingerprint density at radius 3 is 2.88 bits per heavy atom. The maximum atomic E-state index is 5.18. The first-order valence-electron chi connectivity index (χ1n) is 2.35. The van der Waals surface area contributed by atoms with Crippen molar-refractivity contribution in [3.63, 3.8) is 0 Å². The molecule has 0 heterocycles. The fourth-order valence-electron chi connectivity index (χ4n) is 0.166. The van der Waals surface area contributed by atoms with Gasteiger partial charge in [0.2, 0.25) is 0 Å². The van der Waals surface area contributed by atoms with E-state index in [-0.39, 0.29) is 0 Å². The van der Waals surface area contributed by atoms with Crippen molar-refractivity contribution in [3.05, 3.63) is 12.8 Å². The van der Waals surface area contributed by atoms with Crippen LogP contribution in [0, 0.1) is 0 Å². The molecule has 0 aromatic carbocycles. The Balaban J connectivity index is 3.35. The maximum absolute atomic E-state index is 5.18. The molecule has 0 atom stereocenters. The zero-order chi connectivity index (χ0) is 6.41. The molecule has 0 aliphatic heterocycles. The number of hydrogen-bond acceptors (Lipinski definition) is 3. The molecular weight excluding hydrogens is 104 g/mol. The van der Waals surface area contributed by atoms with E-state index in [1.54, 1.807) is 0 Å². The third kappa shape index (κ3) is 3.30. The average molecular weight is 114 g/mol. The summed E-state index contributed by atoms with van der Waals surface area (Å²) in [6, 6.07) is 0. The van der Waals surface area contributed by atoms with Crippen LogP contribution in [0.15, 0.2) is 23.1 Å². The van der Waals surface area contributed by atoms with Crippen molar-refractivity contribution in [2.75, 3.05) is 6.54 Å². The molecule has 0 unspecified atom stereocenters. The van der Waals surface area contributed by atoms with Gasteiger partial charge in [0.25, 0.3) is 0 Å². The Kier molecular flexibility index (Phi) is 3.78. The molecule has 46 valence electrons. The standard InChI is InChI=1S/C4H10N4/c1-3-6-7-8(5)4-2/h3H,1,4-5H2,2H3. The van der Waals surface area contributed by atoms with Crippen LogP contribution in [0.25, 0.3) is 0 Å². The summed E-state index contributed by atoms with van der Waals surface area (Å²) in [7, 11) is 0. The van der Waals surface area contributed by atoms with Crippen molar-refractivity contribution < 1.29 is 0 Å². The first-order valence-corrected chi connectivity index (χ1v) is 2.35. The summed E-state index contributed by atoms with van der Waals surface area (Å²) < 4.78 is 0. The summed E-state index contributed by atoms with van der Waals surface area (Å²) in [6.07, 6.45) is 1.33. The number of hydrazine groups is 1. The Morgan fingerprint density at radius 1 is 1.88 bits per heavy atom. The molecule has 4 nitrogen and oxygen atoms in total. The lowest BCUT2D eigenvalue weighted by atomic mass is 10.8. The Labute approximate surface area is 48.6 Å². The molecule has 0 saturated heterocycles. The van der Waals surface area contributed by atoms with Crippen LogP contribution in [0.3, 0.4) is 0 Å². The highest BCUT2D eigenvalue weighted by Crippen LogP contribution is 1.78. The minimum Gasteiger partial charge on any atom is -0.230 e. The van der Waals surface area contributed by atoms with Crippen LogP contribution in [0.1, 0.15) is 6.92 Å². The largest absolute Gasteiger partial charge is 0.230 e. The van der Waals surface area contributed by atoms with Crippen LogP contribution < -0.4 is 5.84 Å². The smallest absolute Gasteiger partial charge is 0.0519 e. The van der Waals surface area contributed by atoms with Gasteiger partial charge in [0.15, 0.2) is 0 Å². The van der Waals surface area contributed by atoms with E-state index >= 15 is 0 Å². The molecule has 0 spiro atoms. The fraction of sp³-hybridized carbons (Fsp3) is 0.500. The van der Waals surface area contributed by atoms with Crippen molar-refractivity contribution in [1.82, 2.24) is 5.12 Å². The molecule has 0 aromatic heterocycles. The van der Waals surface area contributed by atoms with E-state index in [4.69, 9.17) is 5.84 Å². The maximum Gasteiger partial charge on any atom is 0.0519 e. The third-order valence-electron chi connectivity index (χ3n) is 0.572. The molecule has 8 heavy (non-hydrogen) atoms. The lowest BCUT2D eigenvalue weighted by Gasteiger charge is -2.03. The topological polar surface area (TPSA) is 54.0 Å². The third-order valence-corrected chi connectivity index (χ3v) is 0.572. The normalized spacial score (nSPS) is 9.75. The van der Waals surface area contributed by atoms with E-state index in [1.165, 1.54) is 11.3 Å². The van der Waals surface area contributed by atoms with Gasteiger partial charge in [-0.3, -0.25) is 0 Å². The Hall–Kier alpha value is -0.900. The summed E-state index contributed by atoms with van der Waals surface area (Å²) in [4.78, 5) is 0. The van der Waals surface area contributed by atoms with Crippen molar-refractivity contribution >= 4 is 0 Å². The molecule has 0 radical (unpaired) electrons. The number of nitrogens with zero attached hydrogens (tertiary/aromatic N) is 3. The second-order valence-electron chi connectivity index (χ2n) is 1.14. The van der Waals surface area contributed by atoms with E-state index in [9.17, 15) is 0 Å². The van der Waals surface area contributed by atoms with Gasteiger partial charge in [0, 0.05) is 6.20 Å². The van der Waals surface area contributed by atoms with Gasteiger partial charge < -0.3 is 0 Å². The SMILES string of the molecule is C=CN=NN(N)CC. The van der Waals surface area contributed by atoms with Crippen molar-refractivity contribution in [3.8, 4) is 0 Å². The van der Waals surface area contributed by atoms with Crippen molar-refractivity contribution in [1.29, 1.82) is 0 Å². The van der Waals surface area contributed by atoms with Crippen LogP contribution in [-0.4, -0.2) is 11.7 Å². The molecule has 4 heteroatoms. The van der Waals surface area contributed by atoms with E-state index in [0.717, 1.165) is 0 Å². The highest BCUT2D eigenvalue weighted by Gasteiger charge is 1.80. The quantitative estimate of drug-likeness (QED) is 0.333. The van der Waals surface area contributed by atoms with Crippen LogP contribution in [0.2, 0.25) is 0 Å².